The van der Waals surface area contributed by atoms with Crippen LogP contribution in [0.15, 0.2) is 36.8 Å². The Kier molecular flexibility index (Phi) is 6.10. The number of Topliss-reactive ketones (excluding diaryl/α,β-unsaturated/α-hetero) is 1. The fraction of sp³-hybridized carbons (Fsp3) is 0.455. The molecule has 3 aromatic rings. The second kappa shape index (κ2) is 8.24. The number of ether oxygens (including phenoxy) is 1. The molecule has 0 amide bonds. The van der Waals surface area contributed by atoms with Crippen LogP contribution in [-0.4, -0.2) is 56.4 Å². The molecule has 0 N–H and O–H groups in total. The van der Waals surface area contributed by atoms with E-state index < -0.39 is 15.4 Å². The van der Waals surface area contributed by atoms with Crippen molar-refractivity contribution >= 4 is 27.0 Å². The number of hydrogen-bond donors (Lipinski definition) is 0. The van der Waals surface area contributed by atoms with Crippen LogP contribution < -0.4 is 0 Å². The molecule has 0 saturated heterocycles. The van der Waals surface area contributed by atoms with Crippen molar-refractivity contribution < 1.29 is 9.53 Å². The van der Waals surface area contributed by atoms with E-state index in [0.717, 1.165) is 11.4 Å². The van der Waals surface area contributed by atoms with Crippen molar-refractivity contribution in [1.29, 1.82) is 0 Å². The lowest BCUT2D eigenvalue weighted by atomic mass is 9.87. The Morgan fingerprint density at radius 3 is 2.52 bits per heavy atom. The number of ketones is 1. The van der Waals surface area contributed by atoms with E-state index in [9.17, 15) is 4.79 Å². The molecule has 3 rings (SSSR count). The Morgan fingerprint density at radius 2 is 1.90 bits per heavy atom. The van der Waals surface area contributed by atoms with Crippen molar-refractivity contribution in [2.75, 3.05) is 31.1 Å². The Labute approximate surface area is 174 Å². The predicted molar refractivity (Wildman–Crippen MR) is 121 cm³/mol. The second-order valence-electron chi connectivity index (χ2n) is 9.07. The highest BCUT2D eigenvalue weighted by Gasteiger charge is 2.28. The van der Waals surface area contributed by atoms with Crippen molar-refractivity contribution in [3.8, 4) is 11.4 Å². The van der Waals surface area contributed by atoms with Gasteiger partial charge in [0, 0.05) is 23.6 Å². The van der Waals surface area contributed by atoms with E-state index in [1.807, 2.05) is 49.7 Å². The van der Waals surface area contributed by atoms with Crippen LogP contribution in [0.2, 0.25) is 0 Å². The van der Waals surface area contributed by atoms with E-state index in [1.165, 1.54) is 0 Å². The molecule has 6 nitrogen and oxygen atoms in total. The minimum absolute atomic E-state index is 0.0351. The van der Waals surface area contributed by atoms with Crippen LogP contribution in [0.25, 0.3) is 22.6 Å². The van der Waals surface area contributed by atoms with Gasteiger partial charge < -0.3 is 9.30 Å². The van der Waals surface area contributed by atoms with Crippen LogP contribution in [0.1, 0.15) is 31.1 Å². The normalized spacial score (nSPS) is 13.0. The third-order valence-electron chi connectivity index (χ3n) is 4.49. The first-order chi connectivity index (χ1) is 13.6. The maximum Gasteiger partial charge on any atom is 0.171 e. The zero-order chi connectivity index (χ0) is 21.2. The summed E-state index contributed by atoms with van der Waals surface area (Å²) in [5.74, 6) is 1.07. The van der Waals surface area contributed by atoms with Gasteiger partial charge in [-0.3, -0.25) is 9.78 Å². The number of rotatable bonds is 7. The van der Waals surface area contributed by atoms with Gasteiger partial charge >= 0.3 is 0 Å². The van der Waals surface area contributed by atoms with Crippen LogP contribution in [-0.2, 0) is 11.5 Å². The summed E-state index contributed by atoms with van der Waals surface area (Å²) < 4.78 is 7.77. The standard InChI is InChI=1S/C22H30N4O2S/c1-22(2,3)20(27)16-14-26(15-28-11-12-29(4,5)6)21-19(16)25-18(13-24-21)17-9-7-8-10-23-17/h7-10,13-14H,11-12,15H2,1-6H3. The fourth-order valence-corrected chi connectivity index (χ4v) is 3.45. The van der Waals surface area contributed by atoms with Crippen molar-refractivity contribution in [3.05, 3.63) is 42.4 Å². The lowest BCUT2D eigenvalue weighted by molar-refractivity contribution is 0.0852. The molecule has 0 bridgehead atoms. The molecule has 0 aliphatic carbocycles. The van der Waals surface area contributed by atoms with Gasteiger partial charge in [-0.25, -0.2) is 20.0 Å². The van der Waals surface area contributed by atoms with Crippen molar-refractivity contribution in [2.24, 2.45) is 5.41 Å². The van der Waals surface area contributed by atoms with Gasteiger partial charge in [0.25, 0.3) is 0 Å². The zero-order valence-corrected chi connectivity index (χ0v) is 18.9. The Balaban J connectivity index is 1.98. The summed E-state index contributed by atoms with van der Waals surface area (Å²) in [6, 6.07) is 5.65. The van der Waals surface area contributed by atoms with Gasteiger partial charge in [-0.05, 0) is 30.9 Å². The van der Waals surface area contributed by atoms with Gasteiger partial charge in [0.1, 0.15) is 17.9 Å². The number of nitrogens with zero attached hydrogens (tertiary/aromatic N) is 4. The Hall–Kier alpha value is -2.25. The van der Waals surface area contributed by atoms with Gasteiger partial charge in [-0.1, -0.05) is 26.8 Å². The topological polar surface area (TPSA) is 69.9 Å². The molecule has 0 saturated carbocycles. The maximum atomic E-state index is 13.1. The molecule has 3 heterocycles. The summed E-state index contributed by atoms with van der Waals surface area (Å²) in [4.78, 5) is 26.8. The molecule has 0 radical (unpaired) electrons. The monoisotopic (exact) mass is 414 g/mol. The molecular weight excluding hydrogens is 384 g/mol. The highest BCUT2D eigenvalue weighted by Crippen LogP contribution is 2.33. The molecule has 0 aliphatic rings. The lowest BCUT2D eigenvalue weighted by Gasteiger charge is -2.24. The van der Waals surface area contributed by atoms with Crippen molar-refractivity contribution in [1.82, 2.24) is 19.5 Å². The molecule has 156 valence electrons. The minimum Gasteiger partial charge on any atom is -0.360 e. The van der Waals surface area contributed by atoms with E-state index in [1.54, 1.807) is 12.4 Å². The van der Waals surface area contributed by atoms with E-state index in [2.05, 4.69) is 28.7 Å². The van der Waals surface area contributed by atoms with E-state index in [-0.39, 0.29) is 5.78 Å². The average molecular weight is 415 g/mol. The molecule has 0 atom stereocenters. The first kappa shape index (κ1) is 21.5. The largest absolute Gasteiger partial charge is 0.360 e. The van der Waals surface area contributed by atoms with Crippen LogP contribution in [0.4, 0.5) is 0 Å². The summed E-state index contributed by atoms with van der Waals surface area (Å²) in [5, 5.41) is 0. The maximum absolute atomic E-state index is 13.1. The van der Waals surface area contributed by atoms with Gasteiger partial charge in [-0.15, -0.1) is 0 Å². The van der Waals surface area contributed by atoms with Crippen molar-refractivity contribution in [3.63, 3.8) is 0 Å². The SMILES string of the molecule is CC(C)(C)C(=O)c1cn(COCCS(C)(C)C)c2ncc(-c3ccccn3)nc12. The van der Waals surface area contributed by atoms with Crippen molar-refractivity contribution in [2.45, 2.75) is 27.5 Å². The summed E-state index contributed by atoms with van der Waals surface area (Å²) in [6.45, 7) is 6.77. The number of aromatic nitrogens is 4. The second-order valence-corrected chi connectivity index (χ2v) is 13.7. The van der Waals surface area contributed by atoms with E-state index in [4.69, 9.17) is 9.72 Å². The quantitative estimate of drug-likeness (QED) is 0.424. The number of hydrogen-bond acceptors (Lipinski definition) is 5. The summed E-state index contributed by atoms with van der Waals surface area (Å²) in [7, 11) is -0.608. The molecule has 29 heavy (non-hydrogen) atoms. The summed E-state index contributed by atoms with van der Waals surface area (Å²) >= 11 is 0. The minimum atomic E-state index is -0.608. The number of fused-ring (bicyclic) bond motifs is 1. The fourth-order valence-electron chi connectivity index (χ4n) is 2.83. The van der Waals surface area contributed by atoms with Crippen LogP contribution in [0.5, 0.6) is 0 Å². The predicted octanol–water partition coefficient (Wildman–Crippen LogP) is 4.39. The summed E-state index contributed by atoms with van der Waals surface area (Å²) in [5.41, 5.74) is 2.68. The third-order valence-corrected chi connectivity index (χ3v) is 5.88. The lowest BCUT2D eigenvalue weighted by Crippen LogP contribution is -2.20. The molecule has 7 heteroatoms. The smallest absolute Gasteiger partial charge is 0.171 e. The van der Waals surface area contributed by atoms with Gasteiger partial charge in [0.2, 0.25) is 0 Å². The number of carbonyl (C=O) groups is 1. The first-order valence-corrected chi connectivity index (χ1v) is 12.6. The molecule has 0 aromatic carbocycles. The highest BCUT2D eigenvalue weighted by atomic mass is 32.3. The molecule has 3 aromatic heterocycles. The van der Waals surface area contributed by atoms with Gasteiger partial charge in [0.15, 0.2) is 11.4 Å². The highest BCUT2D eigenvalue weighted by molar-refractivity contribution is 8.32. The molecule has 0 unspecified atom stereocenters. The third kappa shape index (κ3) is 5.22. The molecule has 0 spiro atoms. The average Bonchev–Trinajstić information content (AvgIpc) is 3.01. The Morgan fingerprint density at radius 1 is 1.14 bits per heavy atom. The molecule has 0 fully saturated rings. The number of pyridine rings is 1. The summed E-state index contributed by atoms with van der Waals surface area (Å²) in [6.07, 6.45) is 12.1. The zero-order valence-electron chi connectivity index (χ0n) is 18.1. The van der Waals surface area contributed by atoms with Crippen LogP contribution in [0, 0.1) is 5.41 Å². The van der Waals surface area contributed by atoms with Gasteiger partial charge in [-0.2, -0.15) is 0 Å². The van der Waals surface area contributed by atoms with Gasteiger partial charge in [0.05, 0.1) is 24.1 Å². The van der Waals surface area contributed by atoms with E-state index >= 15 is 0 Å². The van der Waals surface area contributed by atoms with E-state index in [0.29, 0.717) is 35.8 Å². The van der Waals surface area contributed by atoms with Crippen LogP contribution in [0.3, 0.4) is 0 Å². The molecular formula is C22H30N4O2S. The molecule has 0 aliphatic heterocycles. The Bertz CT molecular complexity index is 1000. The number of carbonyl (C=O) groups excluding carboxylic acids is 1. The van der Waals surface area contributed by atoms with Crippen LogP contribution >= 0.6 is 10.0 Å². The first-order valence-electron chi connectivity index (χ1n) is 9.62.